The van der Waals surface area contributed by atoms with Crippen molar-refractivity contribution in [2.24, 2.45) is 12.8 Å². The highest BCUT2D eigenvalue weighted by atomic mass is 19.3. The predicted octanol–water partition coefficient (Wildman–Crippen LogP) is 5.75. The molecule has 2 aromatic carbocycles. The molecule has 1 unspecified atom stereocenters. The summed E-state index contributed by atoms with van der Waals surface area (Å²) in [5.74, 6) is 0.776. The summed E-state index contributed by atoms with van der Waals surface area (Å²) in [6, 6.07) is 8.67. The number of carbonyl (C=O) groups is 1. The monoisotopic (exact) mass is 531 g/mol. The number of nitrogens with two attached hydrogens (primary N) is 1. The Morgan fingerprint density at radius 1 is 1.03 bits per heavy atom. The summed E-state index contributed by atoms with van der Waals surface area (Å²) >= 11 is 0. The molecule has 204 valence electrons. The van der Waals surface area contributed by atoms with Gasteiger partial charge in [-0.15, -0.1) is 0 Å². The lowest BCUT2D eigenvalue weighted by atomic mass is 9.81. The molecule has 2 saturated carbocycles. The fourth-order valence-electron chi connectivity index (χ4n) is 7.04. The van der Waals surface area contributed by atoms with Gasteiger partial charge in [-0.2, -0.15) is 5.10 Å². The van der Waals surface area contributed by atoms with Gasteiger partial charge in [-0.1, -0.05) is 6.07 Å². The van der Waals surface area contributed by atoms with E-state index in [2.05, 4.69) is 27.0 Å². The maximum Gasteiger partial charge on any atom is 0.264 e. The first kappa shape index (κ1) is 24.9. The summed E-state index contributed by atoms with van der Waals surface area (Å²) in [6.45, 7) is 2.30. The van der Waals surface area contributed by atoms with E-state index < -0.39 is 6.43 Å². The Morgan fingerprint density at radius 3 is 2.51 bits per heavy atom. The van der Waals surface area contributed by atoms with E-state index >= 15 is 0 Å². The number of anilines is 2. The van der Waals surface area contributed by atoms with Gasteiger partial charge in [-0.05, 0) is 90.5 Å². The average molecular weight is 532 g/mol. The summed E-state index contributed by atoms with van der Waals surface area (Å²) in [6.07, 6.45) is 7.52. The highest BCUT2D eigenvalue weighted by Gasteiger charge is 2.43. The third kappa shape index (κ3) is 4.47. The standard InChI is InChI=1S/C31H35F2N5O/c1-36-15-22(14-35-36)24-10-19-3-2-8-38(27(19)12-25(24)31(32)33)28-11-20(18-4-6-23(34)7-5-18)9-21-16-37(17-26(21)28)29-13-30(29)39/h9-12,14-15,18,23,29,31H,2-8,13,16-17,34H2,1H3. The fraction of sp³-hybridized carbons (Fsp3) is 0.484. The number of nitrogens with zero attached hydrogens (tertiary/aromatic N) is 4. The molecule has 39 heavy (non-hydrogen) atoms. The summed E-state index contributed by atoms with van der Waals surface area (Å²) < 4.78 is 30.6. The van der Waals surface area contributed by atoms with Gasteiger partial charge < -0.3 is 10.6 Å². The maximum absolute atomic E-state index is 14.5. The first-order valence-corrected chi connectivity index (χ1v) is 14.2. The molecule has 8 heteroatoms. The number of ketones is 1. The first-order valence-electron chi connectivity index (χ1n) is 14.2. The molecular weight excluding hydrogens is 496 g/mol. The topological polar surface area (TPSA) is 67.4 Å². The van der Waals surface area contributed by atoms with E-state index in [0.29, 0.717) is 23.7 Å². The van der Waals surface area contributed by atoms with Gasteiger partial charge in [-0.25, -0.2) is 8.78 Å². The molecule has 2 fully saturated rings. The third-order valence-electron chi connectivity index (χ3n) is 9.28. The van der Waals surface area contributed by atoms with Crippen LogP contribution in [-0.2, 0) is 31.4 Å². The molecule has 1 atom stereocenters. The number of hydrogen-bond donors (Lipinski definition) is 1. The van der Waals surface area contributed by atoms with Gasteiger partial charge in [0.15, 0.2) is 5.78 Å². The van der Waals surface area contributed by atoms with E-state index in [1.807, 2.05) is 6.07 Å². The number of aromatic nitrogens is 2. The molecule has 1 aromatic heterocycles. The first-order chi connectivity index (χ1) is 18.9. The second kappa shape index (κ2) is 9.52. The minimum Gasteiger partial charge on any atom is -0.341 e. The van der Waals surface area contributed by atoms with Crippen LogP contribution in [0.3, 0.4) is 0 Å². The number of carbonyl (C=O) groups excluding carboxylic acids is 1. The maximum atomic E-state index is 14.5. The highest BCUT2D eigenvalue weighted by molar-refractivity contribution is 6.00. The molecule has 2 aliphatic carbocycles. The summed E-state index contributed by atoms with van der Waals surface area (Å²) in [5.41, 5.74) is 14.5. The number of aryl methyl sites for hydroxylation is 2. The quantitative estimate of drug-likeness (QED) is 0.454. The van der Waals surface area contributed by atoms with Crippen LogP contribution < -0.4 is 10.6 Å². The Balaban J connectivity index is 1.33. The van der Waals surface area contributed by atoms with Gasteiger partial charge in [-0.3, -0.25) is 14.4 Å². The number of alkyl halides is 2. The molecule has 2 N–H and O–H groups in total. The summed E-state index contributed by atoms with van der Waals surface area (Å²) in [7, 11) is 1.80. The molecule has 0 radical (unpaired) electrons. The molecule has 0 spiro atoms. The molecule has 0 bridgehead atoms. The Kier molecular flexibility index (Phi) is 6.08. The van der Waals surface area contributed by atoms with Crippen LogP contribution >= 0.6 is 0 Å². The van der Waals surface area contributed by atoms with Crippen molar-refractivity contribution in [3.05, 3.63) is 64.5 Å². The fourth-order valence-corrected chi connectivity index (χ4v) is 7.04. The van der Waals surface area contributed by atoms with Crippen LogP contribution in [0, 0.1) is 0 Å². The lowest BCUT2D eigenvalue weighted by Gasteiger charge is -2.35. The number of rotatable bonds is 5. The van der Waals surface area contributed by atoms with E-state index in [4.69, 9.17) is 5.73 Å². The van der Waals surface area contributed by atoms with Crippen LogP contribution in [0.1, 0.15) is 78.7 Å². The van der Waals surface area contributed by atoms with Crippen molar-refractivity contribution in [1.29, 1.82) is 0 Å². The predicted molar refractivity (Wildman–Crippen MR) is 147 cm³/mol. The van der Waals surface area contributed by atoms with E-state index in [0.717, 1.165) is 80.7 Å². The van der Waals surface area contributed by atoms with Crippen molar-refractivity contribution in [2.45, 2.75) is 82.5 Å². The van der Waals surface area contributed by atoms with Crippen LogP contribution in [0.15, 0.2) is 36.7 Å². The van der Waals surface area contributed by atoms with Gasteiger partial charge in [0.05, 0.1) is 12.2 Å². The number of hydrogen-bond acceptors (Lipinski definition) is 5. The smallest absolute Gasteiger partial charge is 0.264 e. The molecule has 0 amide bonds. The van der Waals surface area contributed by atoms with Crippen molar-refractivity contribution in [1.82, 2.24) is 14.7 Å². The van der Waals surface area contributed by atoms with Gasteiger partial charge in [0.25, 0.3) is 6.43 Å². The number of fused-ring (bicyclic) bond motifs is 2. The molecule has 7 rings (SSSR count). The van der Waals surface area contributed by atoms with Crippen LogP contribution in [0.4, 0.5) is 20.2 Å². The van der Waals surface area contributed by atoms with Crippen molar-refractivity contribution >= 4 is 17.2 Å². The summed E-state index contributed by atoms with van der Waals surface area (Å²) in [4.78, 5) is 16.6. The molecule has 4 aliphatic rings. The lowest BCUT2D eigenvalue weighted by Crippen LogP contribution is -2.27. The minimum absolute atomic E-state index is 0.0301. The number of halogens is 2. The minimum atomic E-state index is -2.59. The van der Waals surface area contributed by atoms with Crippen molar-refractivity contribution in [3.8, 4) is 11.1 Å². The van der Waals surface area contributed by atoms with Crippen LogP contribution in [0.25, 0.3) is 11.1 Å². The second-order valence-corrected chi connectivity index (χ2v) is 11.9. The van der Waals surface area contributed by atoms with E-state index in [1.165, 1.54) is 16.7 Å². The normalized spacial score (nSPS) is 24.8. The third-order valence-corrected chi connectivity index (χ3v) is 9.28. The zero-order valence-corrected chi connectivity index (χ0v) is 22.4. The van der Waals surface area contributed by atoms with Crippen molar-refractivity contribution in [2.75, 3.05) is 11.4 Å². The molecule has 6 nitrogen and oxygen atoms in total. The zero-order valence-electron chi connectivity index (χ0n) is 22.4. The lowest BCUT2D eigenvalue weighted by molar-refractivity contribution is -0.111. The second-order valence-electron chi connectivity index (χ2n) is 11.9. The Labute approximate surface area is 227 Å². The van der Waals surface area contributed by atoms with Crippen LogP contribution in [-0.4, -0.2) is 39.1 Å². The largest absolute Gasteiger partial charge is 0.341 e. The van der Waals surface area contributed by atoms with Crippen molar-refractivity contribution < 1.29 is 13.6 Å². The Morgan fingerprint density at radius 2 is 1.82 bits per heavy atom. The molecule has 3 aromatic rings. The molecule has 0 saturated heterocycles. The van der Waals surface area contributed by atoms with Gasteiger partial charge in [0.1, 0.15) is 0 Å². The SMILES string of the molecule is Cn1cc(-c2cc3c(cc2C(F)F)N(c2cc(C4CCC(N)CC4)cc4c2CN(C2CC2=O)C4)CCC3)cn1. The van der Waals surface area contributed by atoms with Crippen LogP contribution in [0.2, 0.25) is 0 Å². The summed E-state index contributed by atoms with van der Waals surface area (Å²) in [5, 5.41) is 4.22. The van der Waals surface area contributed by atoms with E-state index in [9.17, 15) is 13.6 Å². The average Bonchev–Trinajstić information content (AvgIpc) is 3.29. The highest BCUT2D eigenvalue weighted by Crippen LogP contribution is 2.46. The van der Waals surface area contributed by atoms with E-state index in [-0.39, 0.29) is 17.6 Å². The van der Waals surface area contributed by atoms with Crippen molar-refractivity contribution in [3.63, 3.8) is 0 Å². The van der Waals surface area contributed by atoms with Gasteiger partial charge in [0.2, 0.25) is 0 Å². The van der Waals surface area contributed by atoms with Crippen LogP contribution in [0.5, 0.6) is 0 Å². The molecular formula is C31H35F2N5O. The molecule has 2 aliphatic heterocycles. The zero-order chi connectivity index (χ0) is 26.8. The number of Topliss-reactive ketones (excluding diaryl/α,β-unsaturated/α-hetero) is 1. The Bertz CT molecular complexity index is 1440. The number of benzene rings is 2. The van der Waals surface area contributed by atoms with E-state index in [1.54, 1.807) is 30.2 Å². The molecule has 3 heterocycles. The Hall–Kier alpha value is -3.10. The van der Waals surface area contributed by atoms with Gasteiger partial charge >= 0.3 is 0 Å². The van der Waals surface area contributed by atoms with Gasteiger partial charge in [0, 0.05) is 67.8 Å².